The summed E-state index contributed by atoms with van der Waals surface area (Å²) in [6.07, 6.45) is 3.56. The molecular formula is C20H28N4OS2. The topological polar surface area (TPSA) is 66.9 Å². The van der Waals surface area contributed by atoms with Crippen molar-refractivity contribution in [3.8, 4) is 0 Å². The first kappa shape index (κ1) is 20.1. The molecule has 2 aromatic rings. The van der Waals surface area contributed by atoms with Gasteiger partial charge in [0.2, 0.25) is 11.0 Å². The van der Waals surface area contributed by atoms with Gasteiger partial charge in [-0.15, -0.1) is 10.2 Å². The molecule has 1 fully saturated rings. The van der Waals surface area contributed by atoms with Gasteiger partial charge in [0.05, 0.1) is 5.75 Å². The van der Waals surface area contributed by atoms with Crippen molar-refractivity contribution in [1.29, 1.82) is 0 Å². The summed E-state index contributed by atoms with van der Waals surface area (Å²) < 4.78 is 0.807. The van der Waals surface area contributed by atoms with Crippen LogP contribution in [-0.2, 0) is 4.79 Å². The van der Waals surface area contributed by atoms with Gasteiger partial charge in [0.15, 0.2) is 4.34 Å². The van der Waals surface area contributed by atoms with E-state index in [-0.39, 0.29) is 5.91 Å². The number of hydrogen-bond donors (Lipinski definition) is 2. The van der Waals surface area contributed by atoms with Gasteiger partial charge in [-0.05, 0) is 55.4 Å². The first-order valence-electron chi connectivity index (χ1n) is 9.52. The third-order valence-electron chi connectivity index (χ3n) is 5.54. The maximum atomic E-state index is 12.3. The summed E-state index contributed by atoms with van der Waals surface area (Å²) in [6.45, 7) is 8.72. The van der Waals surface area contributed by atoms with Gasteiger partial charge in [0.1, 0.15) is 0 Å². The largest absolute Gasteiger partial charge is 0.352 e. The minimum absolute atomic E-state index is 0.0878. The molecule has 146 valence electrons. The van der Waals surface area contributed by atoms with Crippen LogP contribution >= 0.6 is 23.1 Å². The standard InChI is InChI=1S/C20H28N4OS2/c1-12-8-9-16(10-14(12)3)21-19-23-24-20(27-19)26-11-18(25)22-17-7-5-6-13(2)15(17)4/h8-10,13,15,17H,5-7,11H2,1-4H3,(H,21,23)(H,22,25)/t13-,15-,17+/m0/s1. The molecule has 1 aliphatic carbocycles. The number of thioether (sulfide) groups is 1. The van der Waals surface area contributed by atoms with Crippen LogP contribution in [0.4, 0.5) is 10.8 Å². The Bertz CT molecular complexity index is 792. The number of carbonyl (C=O) groups excluding carboxylic acids is 1. The summed E-state index contributed by atoms with van der Waals surface area (Å²) in [5.74, 6) is 1.70. The number of hydrogen-bond acceptors (Lipinski definition) is 6. The number of nitrogens with one attached hydrogen (secondary N) is 2. The average Bonchev–Trinajstić information content (AvgIpc) is 3.08. The van der Waals surface area contributed by atoms with E-state index >= 15 is 0 Å². The van der Waals surface area contributed by atoms with Crippen LogP contribution in [0.2, 0.25) is 0 Å². The summed E-state index contributed by atoms with van der Waals surface area (Å²) in [4.78, 5) is 12.3. The fourth-order valence-corrected chi connectivity index (χ4v) is 5.01. The lowest BCUT2D eigenvalue weighted by Crippen LogP contribution is -2.44. The smallest absolute Gasteiger partial charge is 0.230 e. The average molecular weight is 405 g/mol. The Hall–Kier alpha value is -1.60. The Kier molecular flexibility index (Phi) is 6.76. The van der Waals surface area contributed by atoms with Gasteiger partial charge < -0.3 is 10.6 Å². The lowest BCUT2D eigenvalue weighted by Gasteiger charge is -2.34. The summed E-state index contributed by atoms with van der Waals surface area (Å²) in [6, 6.07) is 6.53. The highest BCUT2D eigenvalue weighted by Gasteiger charge is 2.28. The predicted molar refractivity (Wildman–Crippen MR) is 114 cm³/mol. The first-order valence-corrected chi connectivity index (χ1v) is 11.3. The predicted octanol–water partition coefficient (Wildman–Crippen LogP) is 4.93. The van der Waals surface area contributed by atoms with E-state index in [1.807, 2.05) is 6.07 Å². The van der Waals surface area contributed by atoms with E-state index in [0.29, 0.717) is 23.6 Å². The minimum Gasteiger partial charge on any atom is -0.352 e. The van der Waals surface area contributed by atoms with Crippen LogP contribution in [0, 0.1) is 25.7 Å². The molecule has 0 unspecified atom stereocenters. The molecule has 1 heterocycles. The highest BCUT2D eigenvalue weighted by atomic mass is 32.2. The molecular weight excluding hydrogens is 376 g/mol. The number of aromatic nitrogens is 2. The number of rotatable bonds is 6. The van der Waals surface area contributed by atoms with Crippen molar-refractivity contribution in [1.82, 2.24) is 15.5 Å². The molecule has 1 saturated carbocycles. The van der Waals surface area contributed by atoms with E-state index in [2.05, 4.69) is 60.7 Å². The van der Waals surface area contributed by atoms with Gasteiger partial charge in [0.25, 0.3) is 0 Å². The third-order valence-corrected chi connectivity index (χ3v) is 7.52. The lowest BCUT2D eigenvalue weighted by molar-refractivity contribution is -0.119. The Morgan fingerprint density at radius 3 is 2.81 bits per heavy atom. The molecule has 2 N–H and O–H groups in total. The summed E-state index contributed by atoms with van der Waals surface area (Å²) in [7, 11) is 0. The molecule has 1 amide bonds. The SMILES string of the molecule is Cc1ccc(Nc2nnc(SCC(=O)N[C@@H]3CCC[C@H](C)[C@@H]3C)s2)cc1C. The zero-order valence-corrected chi connectivity index (χ0v) is 18.0. The number of nitrogens with zero attached hydrogens (tertiary/aromatic N) is 2. The third kappa shape index (κ3) is 5.45. The Balaban J connectivity index is 1.49. The number of benzene rings is 1. The molecule has 1 aromatic carbocycles. The minimum atomic E-state index is 0.0878. The first-order chi connectivity index (χ1) is 12.9. The molecule has 0 saturated heterocycles. The lowest BCUT2D eigenvalue weighted by atomic mass is 9.78. The molecule has 0 radical (unpaired) electrons. The van der Waals surface area contributed by atoms with Crippen LogP contribution in [-0.4, -0.2) is 27.9 Å². The van der Waals surface area contributed by atoms with E-state index < -0.39 is 0 Å². The second-order valence-electron chi connectivity index (χ2n) is 7.53. The summed E-state index contributed by atoms with van der Waals surface area (Å²) >= 11 is 2.93. The van der Waals surface area contributed by atoms with Crippen LogP contribution in [0.1, 0.15) is 44.2 Å². The van der Waals surface area contributed by atoms with Crippen LogP contribution in [0.5, 0.6) is 0 Å². The maximum Gasteiger partial charge on any atom is 0.230 e. The molecule has 3 rings (SSSR count). The highest BCUT2D eigenvalue weighted by molar-refractivity contribution is 8.01. The van der Waals surface area contributed by atoms with Crippen molar-refractivity contribution in [2.45, 2.75) is 57.3 Å². The molecule has 0 aliphatic heterocycles. The molecule has 3 atom stereocenters. The molecule has 0 spiro atoms. The monoisotopic (exact) mass is 404 g/mol. The van der Waals surface area contributed by atoms with Gasteiger partial charge in [-0.25, -0.2) is 0 Å². The fourth-order valence-electron chi connectivity index (χ4n) is 3.42. The van der Waals surface area contributed by atoms with Gasteiger partial charge in [-0.2, -0.15) is 0 Å². The zero-order chi connectivity index (χ0) is 19.4. The second-order valence-corrected chi connectivity index (χ2v) is 9.73. The maximum absolute atomic E-state index is 12.3. The molecule has 27 heavy (non-hydrogen) atoms. The quantitative estimate of drug-likeness (QED) is 0.668. The normalized spacial score (nSPS) is 22.4. The van der Waals surface area contributed by atoms with Crippen molar-refractivity contribution in [2.75, 3.05) is 11.1 Å². The van der Waals surface area contributed by atoms with Crippen molar-refractivity contribution >= 4 is 39.8 Å². The van der Waals surface area contributed by atoms with Crippen molar-refractivity contribution in [2.24, 2.45) is 11.8 Å². The summed E-state index contributed by atoms with van der Waals surface area (Å²) in [5, 5.41) is 15.6. The van der Waals surface area contributed by atoms with Crippen molar-refractivity contribution in [3.05, 3.63) is 29.3 Å². The zero-order valence-electron chi connectivity index (χ0n) is 16.4. The Morgan fingerprint density at radius 1 is 1.22 bits per heavy atom. The van der Waals surface area contributed by atoms with Crippen LogP contribution in [0.15, 0.2) is 22.5 Å². The Labute approximate surface area is 169 Å². The summed E-state index contributed by atoms with van der Waals surface area (Å²) in [5.41, 5.74) is 3.51. The molecule has 7 heteroatoms. The van der Waals surface area contributed by atoms with Gasteiger partial charge >= 0.3 is 0 Å². The van der Waals surface area contributed by atoms with E-state index in [9.17, 15) is 4.79 Å². The fraction of sp³-hybridized carbons (Fsp3) is 0.550. The molecule has 1 aliphatic rings. The number of anilines is 2. The Morgan fingerprint density at radius 2 is 2.04 bits per heavy atom. The van der Waals surface area contributed by atoms with Crippen molar-refractivity contribution in [3.63, 3.8) is 0 Å². The van der Waals surface area contributed by atoms with Crippen molar-refractivity contribution < 1.29 is 4.79 Å². The van der Waals surface area contributed by atoms with Crippen LogP contribution in [0.25, 0.3) is 0 Å². The van der Waals surface area contributed by atoms with Gasteiger partial charge in [0, 0.05) is 11.7 Å². The number of aryl methyl sites for hydroxylation is 2. The van der Waals surface area contributed by atoms with E-state index in [1.54, 1.807) is 0 Å². The van der Waals surface area contributed by atoms with Gasteiger partial charge in [-0.1, -0.05) is 55.9 Å². The number of carbonyl (C=O) groups is 1. The van der Waals surface area contributed by atoms with E-state index in [4.69, 9.17) is 0 Å². The van der Waals surface area contributed by atoms with Gasteiger partial charge in [-0.3, -0.25) is 4.79 Å². The molecule has 0 bridgehead atoms. The highest BCUT2D eigenvalue weighted by Crippen LogP contribution is 2.30. The van der Waals surface area contributed by atoms with E-state index in [1.165, 1.54) is 47.1 Å². The molecule has 5 nitrogen and oxygen atoms in total. The van der Waals surface area contributed by atoms with E-state index in [0.717, 1.165) is 21.6 Å². The number of amides is 1. The van der Waals surface area contributed by atoms with Crippen LogP contribution in [0.3, 0.4) is 0 Å². The molecule has 1 aromatic heterocycles. The second kappa shape index (κ2) is 9.06. The van der Waals surface area contributed by atoms with Crippen LogP contribution < -0.4 is 10.6 Å².